The molecule has 2 N–H and O–H groups in total. The van der Waals surface area contributed by atoms with Crippen molar-refractivity contribution in [3.05, 3.63) is 10.6 Å². The van der Waals surface area contributed by atoms with Crippen LogP contribution in [0.5, 0.6) is 0 Å². The molecule has 1 fully saturated rings. The molecular weight excluding hydrogens is 224 g/mol. The van der Waals surface area contributed by atoms with E-state index < -0.39 is 5.97 Å². The molecule has 1 aromatic heterocycles. The Labute approximate surface area is 98.7 Å². The van der Waals surface area contributed by atoms with Gasteiger partial charge in [0, 0.05) is 5.54 Å². The Balaban J connectivity index is 2.16. The molecule has 0 unspecified atom stereocenters. The molecule has 0 aromatic carbocycles. The highest BCUT2D eigenvalue weighted by atomic mass is 32.1. The predicted molar refractivity (Wildman–Crippen MR) is 64.3 cm³/mol. The van der Waals surface area contributed by atoms with E-state index in [0.717, 1.165) is 18.0 Å². The van der Waals surface area contributed by atoms with Crippen molar-refractivity contribution in [2.45, 2.75) is 45.1 Å². The Kier molecular flexibility index (Phi) is 2.88. The molecule has 0 amide bonds. The lowest BCUT2D eigenvalue weighted by Crippen LogP contribution is -2.30. The van der Waals surface area contributed by atoms with Gasteiger partial charge in [0.2, 0.25) is 0 Å². The number of hydrogen-bond donors (Lipinski definition) is 2. The Morgan fingerprint density at radius 3 is 2.62 bits per heavy atom. The maximum atomic E-state index is 10.9. The molecule has 0 saturated heterocycles. The van der Waals surface area contributed by atoms with Crippen molar-refractivity contribution in [1.82, 2.24) is 4.98 Å². The van der Waals surface area contributed by atoms with E-state index in [-0.39, 0.29) is 5.54 Å². The highest BCUT2D eigenvalue weighted by Gasteiger charge is 2.29. The van der Waals surface area contributed by atoms with E-state index in [2.05, 4.69) is 17.2 Å². The SMILES string of the molecule is Cc1nc(NC2(C)CCCC2)sc1C(=O)O. The van der Waals surface area contributed by atoms with Crippen molar-refractivity contribution in [3.8, 4) is 0 Å². The first-order valence-corrected chi connectivity index (χ1v) is 6.31. The minimum absolute atomic E-state index is 0.0973. The third kappa shape index (κ3) is 2.19. The van der Waals surface area contributed by atoms with Gasteiger partial charge in [-0.3, -0.25) is 0 Å². The summed E-state index contributed by atoms with van der Waals surface area (Å²) >= 11 is 1.23. The Hall–Kier alpha value is -1.10. The number of carbonyl (C=O) groups is 1. The maximum absolute atomic E-state index is 10.9. The zero-order chi connectivity index (χ0) is 11.8. The third-order valence-corrected chi connectivity index (χ3v) is 4.17. The van der Waals surface area contributed by atoms with E-state index in [1.54, 1.807) is 6.92 Å². The summed E-state index contributed by atoms with van der Waals surface area (Å²) in [5.74, 6) is -0.889. The Morgan fingerprint density at radius 2 is 2.12 bits per heavy atom. The molecule has 1 heterocycles. The van der Waals surface area contributed by atoms with Crippen LogP contribution in [-0.2, 0) is 0 Å². The van der Waals surface area contributed by atoms with Gasteiger partial charge in [-0.05, 0) is 26.7 Å². The third-order valence-electron chi connectivity index (χ3n) is 3.11. The molecule has 1 aliphatic carbocycles. The summed E-state index contributed by atoms with van der Waals surface area (Å²) in [6.07, 6.45) is 4.74. The standard InChI is InChI=1S/C11H16N2O2S/c1-7-8(9(14)15)16-10(12-7)13-11(2)5-3-4-6-11/h3-6H2,1-2H3,(H,12,13)(H,14,15). The average molecular weight is 240 g/mol. The summed E-state index contributed by atoms with van der Waals surface area (Å²) in [7, 11) is 0. The molecule has 1 saturated carbocycles. The number of carboxylic acid groups (broad SMARTS) is 1. The molecule has 0 spiro atoms. The molecule has 0 bridgehead atoms. The minimum atomic E-state index is -0.889. The fourth-order valence-corrected chi connectivity index (χ4v) is 3.14. The number of aromatic nitrogens is 1. The van der Waals surface area contributed by atoms with Gasteiger partial charge in [-0.25, -0.2) is 9.78 Å². The van der Waals surface area contributed by atoms with Gasteiger partial charge in [0.1, 0.15) is 4.88 Å². The number of nitrogens with zero attached hydrogens (tertiary/aromatic N) is 1. The molecule has 5 heteroatoms. The van der Waals surface area contributed by atoms with Gasteiger partial charge in [0.25, 0.3) is 0 Å². The molecule has 0 aliphatic heterocycles. The summed E-state index contributed by atoms with van der Waals surface area (Å²) < 4.78 is 0. The molecule has 88 valence electrons. The molecule has 0 atom stereocenters. The molecule has 1 aromatic rings. The lowest BCUT2D eigenvalue weighted by molar-refractivity contribution is 0.0701. The van der Waals surface area contributed by atoms with Gasteiger partial charge < -0.3 is 10.4 Å². The normalized spacial score (nSPS) is 18.6. The number of aryl methyl sites for hydroxylation is 1. The van der Waals surface area contributed by atoms with E-state index >= 15 is 0 Å². The van der Waals surface area contributed by atoms with Crippen molar-refractivity contribution < 1.29 is 9.90 Å². The van der Waals surface area contributed by atoms with Gasteiger partial charge in [-0.15, -0.1) is 0 Å². The van der Waals surface area contributed by atoms with Crippen LogP contribution in [0, 0.1) is 6.92 Å². The minimum Gasteiger partial charge on any atom is -0.477 e. The smallest absolute Gasteiger partial charge is 0.347 e. The van der Waals surface area contributed by atoms with Crippen LogP contribution in [0.3, 0.4) is 0 Å². The molecular formula is C11H16N2O2S. The van der Waals surface area contributed by atoms with Gasteiger partial charge in [0.15, 0.2) is 5.13 Å². The first-order chi connectivity index (χ1) is 7.50. The number of thiazole rings is 1. The van der Waals surface area contributed by atoms with Crippen molar-refractivity contribution in [3.63, 3.8) is 0 Å². The Bertz CT molecular complexity index is 408. The highest BCUT2D eigenvalue weighted by Crippen LogP contribution is 2.34. The van der Waals surface area contributed by atoms with Gasteiger partial charge in [-0.1, -0.05) is 24.2 Å². The fourth-order valence-electron chi connectivity index (χ4n) is 2.19. The van der Waals surface area contributed by atoms with Crippen LogP contribution in [0.2, 0.25) is 0 Å². The summed E-state index contributed by atoms with van der Waals surface area (Å²) in [6.45, 7) is 3.92. The van der Waals surface area contributed by atoms with Crippen molar-refractivity contribution >= 4 is 22.4 Å². The number of aromatic carboxylic acids is 1. The average Bonchev–Trinajstić information content (AvgIpc) is 2.73. The summed E-state index contributed by atoms with van der Waals surface area (Å²) in [5, 5.41) is 13.1. The van der Waals surface area contributed by atoms with Crippen molar-refractivity contribution in [1.29, 1.82) is 0 Å². The fraction of sp³-hybridized carbons (Fsp3) is 0.636. The topological polar surface area (TPSA) is 62.2 Å². The summed E-state index contributed by atoms with van der Waals surface area (Å²) in [6, 6.07) is 0. The zero-order valence-corrected chi connectivity index (χ0v) is 10.4. The summed E-state index contributed by atoms with van der Waals surface area (Å²) in [5.41, 5.74) is 0.696. The molecule has 16 heavy (non-hydrogen) atoms. The number of nitrogens with one attached hydrogen (secondary N) is 1. The molecule has 0 radical (unpaired) electrons. The highest BCUT2D eigenvalue weighted by molar-refractivity contribution is 7.17. The molecule has 2 rings (SSSR count). The second-order valence-corrected chi connectivity index (χ2v) is 5.63. The number of anilines is 1. The van der Waals surface area contributed by atoms with Crippen molar-refractivity contribution in [2.24, 2.45) is 0 Å². The van der Waals surface area contributed by atoms with E-state index in [1.807, 2.05) is 0 Å². The van der Waals surface area contributed by atoms with E-state index in [1.165, 1.54) is 24.2 Å². The van der Waals surface area contributed by atoms with Gasteiger partial charge >= 0.3 is 5.97 Å². The Morgan fingerprint density at radius 1 is 1.50 bits per heavy atom. The first kappa shape index (κ1) is 11.4. The van der Waals surface area contributed by atoms with E-state index in [9.17, 15) is 4.79 Å². The molecule has 4 nitrogen and oxygen atoms in total. The summed E-state index contributed by atoms with van der Waals surface area (Å²) in [4.78, 5) is 15.5. The number of rotatable bonds is 3. The van der Waals surface area contributed by atoms with E-state index in [4.69, 9.17) is 5.11 Å². The lowest BCUT2D eigenvalue weighted by atomic mass is 10.0. The lowest BCUT2D eigenvalue weighted by Gasteiger charge is -2.24. The van der Waals surface area contributed by atoms with Crippen LogP contribution in [-0.4, -0.2) is 21.6 Å². The van der Waals surface area contributed by atoms with E-state index in [0.29, 0.717) is 10.6 Å². The van der Waals surface area contributed by atoms with Crippen LogP contribution in [0.4, 0.5) is 5.13 Å². The van der Waals surface area contributed by atoms with Crippen LogP contribution in [0.1, 0.15) is 48.0 Å². The maximum Gasteiger partial charge on any atom is 0.347 e. The molecule has 1 aliphatic rings. The van der Waals surface area contributed by atoms with Gasteiger partial charge in [0.05, 0.1) is 5.69 Å². The van der Waals surface area contributed by atoms with Crippen molar-refractivity contribution in [2.75, 3.05) is 5.32 Å². The van der Waals surface area contributed by atoms with Crippen LogP contribution >= 0.6 is 11.3 Å². The monoisotopic (exact) mass is 240 g/mol. The zero-order valence-electron chi connectivity index (χ0n) is 9.54. The quantitative estimate of drug-likeness (QED) is 0.852. The predicted octanol–water partition coefficient (Wildman–Crippen LogP) is 2.89. The number of hydrogen-bond acceptors (Lipinski definition) is 4. The van der Waals surface area contributed by atoms with Crippen LogP contribution < -0.4 is 5.32 Å². The second kappa shape index (κ2) is 4.05. The van der Waals surface area contributed by atoms with Gasteiger partial charge in [-0.2, -0.15) is 0 Å². The second-order valence-electron chi connectivity index (χ2n) is 4.63. The van der Waals surface area contributed by atoms with Crippen LogP contribution in [0.15, 0.2) is 0 Å². The van der Waals surface area contributed by atoms with Crippen LogP contribution in [0.25, 0.3) is 0 Å². The largest absolute Gasteiger partial charge is 0.477 e. The first-order valence-electron chi connectivity index (χ1n) is 5.49. The number of carboxylic acids is 1.